The molecule has 0 aliphatic heterocycles. The summed E-state index contributed by atoms with van der Waals surface area (Å²) in [6.07, 6.45) is -0.0806. The zero-order chi connectivity index (χ0) is 10.0. The normalized spacial score (nSPS) is 9.92. The highest BCUT2D eigenvalue weighted by molar-refractivity contribution is 5.78. The highest BCUT2D eigenvalue weighted by atomic mass is 16.4. The standard InChI is InChI=1S/C9H12N2O2/c1-5-2-3-7(10)9(11)6(5)4-8(12)13/h2-3H,4,10-11H2,1H3,(H,12,13). The lowest BCUT2D eigenvalue weighted by atomic mass is 10.0. The number of hydrogen-bond donors (Lipinski definition) is 3. The largest absolute Gasteiger partial charge is 0.481 e. The van der Waals surface area contributed by atoms with Crippen LogP contribution in [-0.2, 0) is 11.2 Å². The maximum atomic E-state index is 10.5. The molecule has 1 aromatic rings. The number of carbonyl (C=O) groups is 1. The third kappa shape index (κ3) is 1.90. The third-order valence-electron chi connectivity index (χ3n) is 1.95. The molecule has 1 aromatic carbocycles. The lowest BCUT2D eigenvalue weighted by molar-refractivity contribution is -0.136. The summed E-state index contributed by atoms with van der Waals surface area (Å²) in [4.78, 5) is 10.5. The summed E-state index contributed by atoms with van der Waals surface area (Å²) in [5, 5.41) is 8.61. The molecule has 0 aromatic heterocycles. The number of nitrogen functional groups attached to an aromatic ring is 2. The van der Waals surface area contributed by atoms with Crippen molar-refractivity contribution in [1.82, 2.24) is 0 Å². The first-order chi connectivity index (χ1) is 6.02. The predicted molar refractivity (Wildman–Crippen MR) is 51.3 cm³/mol. The molecule has 13 heavy (non-hydrogen) atoms. The Labute approximate surface area is 76.2 Å². The molecular formula is C9H12N2O2. The molecule has 0 atom stereocenters. The van der Waals surface area contributed by atoms with Crippen LogP contribution in [0.4, 0.5) is 11.4 Å². The Bertz CT molecular complexity index is 348. The van der Waals surface area contributed by atoms with Gasteiger partial charge in [-0.25, -0.2) is 0 Å². The van der Waals surface area contributed by atoms with E-state index in [2.05, 4.69) is 0 Å². The first-order valence-electron chi connectivity index (χ1n) is 3.87. The number of carboxylic acid groups (broad SMARTS) is 1. The van der Waals surface area contributed by atoms with Crippen molar-refractivity contribution < 1.29 is 9.90 Å². The Kier molecular flexibility index (Phi) is 2.41. The van der Waals surface area contributed by atoms with Crippen LogP contribution in [0.15, 0.2) is 12.1 Å². The van der Waals surface area contributed by atoms with Gasteiger partial charge in [0.25, 0.3) is 0 Å². The molecule has 1 rings (SSSR count). The average Bonchev–Trinajstić information content (AvgIpc) is 2.05. The minimum absolute atomic E-state index is 0.0806. The fourth-order valence-electron chi connectivity index (χ4n) is 1.18. The summed E-state index contributed by atoms with van der Waals surface area (Å²) in [6.45, 7) is 1.81. The summed E-state index contributed by atoms with van der Waals surface area (Å²) in [6, 6.07) is 3.44. The van der Waals surface area contributed by atoms with Gasteiger partial charge in [0.15, 0.2) is 0 Å². The molecule has 4 heteroatoms. The monoisotopic (exact) mass is 180 g/mol. The van der Waals surface area contributed by atoms with E-state index in [0.29, 0.717) is 16.9 Å². The molecule has 0 bridgehead atoms. The van der Waals surface area contributed by atoms with Crippen molar-refractivity contribution in [3.63, 3.8) is 0 Å². The number of carboxylic acids is 1. The van der Waals surface area contributed by atoms with Crippen molar-refractivity contribution in [3.8, 4) is 0 Å². The topological polar surface area (TPSA) is 89.3 Å². The van der Waals surface area contributed by atoms with Crippen LogP contribution in [0.25, 0.3) is 0 Å². The molecule has 0 heterocycles. The first-order valence-corrected chi connectivity index (χ1v) is 3.87. The molecule has 0 saturated carbocycles. The number of aryl methyl sites for hydroxylation is 1. The van der Waals surface area contributed by atoms with Gasteiger partial charge in [0.05, 0.1) is 17.8 Å². The van der Waals surface area contributed by atoms with Crippen molar-refractivity contribution >= 4 is 17.3 Å². The van der Waals surface area contributed by atoms with Crippen LogP contribution >= 0.6 is 0 Å². The van der Waals surface area contributed by atoms with Gasteiger partial charge in [0.2, 0.25) is 0 Å². The molecule has 0 aliphatic rings. The Balaban J connectivity index is 3.17. The van der Waals surface area contributed by atoms with Crippen LogP contribution in [0.3, 0.4) is 0 Å². The first kappa shape index (κ1) is 9.38. The number of nitrogens with two attached hydrogens (primary N) is 2. The second-order valence-electron chi connectivity index (χ2n) is 2.93. The number of benzene rings is 1. The highest BCUT2D eigenvalue weighted by Gasteiger charge is 2.09. The second-order valence-corrected chi connectivity index (χ2v) is 2.93. The van der Waals surface area contributed by atoms with Crippen molar-refractivity contribution in [2.45, 2.75) is 13.3 Å². The lowest BCUT2D eigenvalue weighted by Crippen LogP contribution is -2.07. The van der Waals surface area contributed by atoms with E-state index in [9.17, 15) is 4.79 Å². The molecule has 5 N–H and O–H groups in total. The Morgan fingerprint density at radius 2 is 2.08 bits per heavy atom. The van der Waals surface area contributed by atoms with Gasteiger partial charge in [-0.15, -0.1) is 0 Å². The summed E-state index contributed by atoms with van der Waals surface area (Å²) >= 11 is 0. The van der Waals surface area contributed by atoms with E-state index in [-0.39, 0.29) is 6.42 Å². The summed E-state index contributed by atoms with van der Waals surface area (Å²) in [7, 11) is 0. The second kappa shape index (κ2) is 3.35. The zero-order valence-electron chi connectivity index (χ0n) is 7.37. The minimum atomic E-state index is -0.902. The highest BCUT2D eigenvalue weighted by Crippen LogP contribution is 2.23. The Hall–Kier alpha value is -1.71. The van der Waals surface area contributed by atoms with Gasteiger partial charge in [0, 0.05) is 0 Å². The number of anilines is 2. The van der Waals surface area contributed by atoms with Gasteiger partial charge in [-0.05, 0) is 24.1 Å². The lowest BCUT2D eigenvalue weighted by Gasteiger charge is -2.09. The van der Waals surface area contributed by atoms with Crippen molar-refractivity contribution in [2.24, 2.45) is 0 Å². The third-order valence-corrected chi connectivity index (χ3v) is 1.95. The fraction of sp³-hybridized carbons (Fsp3) is 0.222. The van der Waals surface area contributed by atoms with Gasteiger partial charge in [-0.3, -0.25) is 4.79 Å². The van der Waals surface area contributed by atoms with Crippen LogP contribution < -0.4 is 11.5 Å². The summed E-state index contributed by atoms with van der Waals surface area (Å²) in [5.74, 6) is -0.902. The van der Waals surface area contributed by atoms with E-state index in [1.54, 1.807) is 12.1 Å². The zero-order valence-corrected chi connectivity index (χ0v) is 7.37. The van der Waals surface area contributed by atoms with Crippen LogP contribution in [0, 0.1) is 6.92 Å². The minimum Gasteiger partial charge on any atom is -0.481 e. The number of aliphatic carboxylic acids is 1. The van der Waals surface area contributed by atoms with Crippen molar-refractivity contribution in [1.29, 1.82) is 0 Å². The van der Waals surface area contributed by atoms with Crippen molar-refractivity contribution in [2.75, 3.05) is 11.5 Å². The van der Waals surface area contributed by atoms with Gasteiger partial charge >= 0.3 is 5.97 Å². The van der Waals surface area contributed by atoms with E-state index < -0.39 is 5.97 Å². The fourth-order valence-corrected chi connectivity index (χ4v) is 1.18. The van der Waals surface area contributed by atoms with Crippen LogP contribution in [0.5, 0.6) is 0 Å². The quantitative estimate of drug-likeness (QED) is 0.587. The smallest absolute Gasteiger partial charge is 0.307 e. The predicted octanol–water partition coefficient (Wildman–Crippen LogP) is 0.787. The summed E-state index contributed by atoms with van der Waals surface area (Å²) < 4.78 is 0. The van der Waals surface area contributed by atoms with E-state index >= 15 is 0 Å². The van der Waals surface area contributed by atoms with E-state index in [1.807, 2.05) is 6.92 Å². The van der Waals surface area contributed by atoms with Crippen molar-refractivity contribution in [3.05, 3.63) is 23.3 Å². The van der Waals surface area contributed by atoms with Gasteiger partial charge < -0.3 is 16.6 Å². The molecule has 4 nitrogen and oxygen atoms in total. The number of hydrogen-bond acceptors (Lipinski definition) is 3. The van der Waals surface area contributed by atoms with Crippen LogP contribution in [0.1, 0.15) is 11.1 Å². The van der Waals surface area contributed by atoms with Crippen LogP contribution in [-0.4, -0.2) is 11.1 Å². The molecule has 0 amide bonds. The summed E-state index contributed by atoms with van der Waals surface area (Å²) in [5.41, 5.74) is 13.5. The Morgan fingerprint density at radius 1 is 1.46 bits per heavy atom. The Morgan fingerprint density at radius 3 is 2.62 bits per heavy atom. The molecule has 0 radical (unpaired) electrons. The molecule has 0 unspecified atom stereocenters. The number of rotatable bonds is 2. The maximum Gasteiger partial charge on any atom is 0.307 e. The van der Waals surface area contributed by atoms with Gasteiger partial charge in [-0.2, -0.15) is 0 Å². The van der Waals surface area contributed by atoms with Gasteiger partial charge in [0.1, 0.15) is 0 Å². The van der Waals surface area contributed by atoms with Gasteiger partial charge in [-0.1, -0.05) is 6.07 Å². The molecule has 0 fully saturated rings. The molecule has 0 saturated heterocycles. The maximum absolute atomic E-state index is 10.5. The molecule has 70 valence electrons. The van der Waals surface area contributed by atoms with E-state index in [0.717, 1.165) is 5.56 Å². The van der Waals surface area contributed by atoms with E-state index in [1.165, 1.54) is 0 Å². The molecular weight excluding hydrogens is 168 g/mol. The molecule has 0 spiro atoms. The van der Waals surface area contributed by atoms with Crippen LogP contribution in [0.2, 0.25) is 0 Å². The average molecular weight is 180 g/mol. The SMILES string of the molecule is Cc1ccc(N)c(N)c1CC(=O)O. The molecule has 0 aliphatic carbocycles. The van der Waals surface area contributed by atoms with E-state index in [4.69, 9.17) is 16.6 Å².